The van der Waals surface area contributed by atoms with Crippen molar-refractivity contribution in [1.29, 1.82) is 0 Å². The van der Waals surface area contributed by atoms with Gasteiger partial charge in [0.15, 0.2) is 0 Å². The van der Waals surface area contributed by atoms with E-state index in [4.69, 9.17) is 5.73 Å². The van der Waals surface area contributed by atoms with Crippen molar-refractivity contribution in [2.75, 3.05) is 17.2 Å². The van der Waals surface area contributed by atoms with Gasteiger partial charge in [-0.1, -0.05) is 13.0 Å². The zero-order valence-electron chi connectivity index (χ0n) is 11.9. The Kier molecular flexibility index (Phi) is 8.84. The Balaban J connectivity index is 0.00000400. The molecule has 1 rings (SSSR count). The van der Waals surface area contributed by atoms with Gasteiger partial charge in [-0.3, -0.25) is 4.79 Å². The van der Waals surface area contributed by atoms with E-state index in [1.54, 1.807) is 30.3 Å². The number of anilines is 2. The maximum Gasteiger partial charge on any atom is 0.319 e. The molecule has 1 aromatic rings. The molecule has 1 aromatic carbocycles. The Morgan fingerprint density at radius 3 is 2.24 bits per heavy atom. The highest BCUT2D eigenvalue weighted by atomic mass is 35.5. The van der Waals surface area contributed by atoms with Crippen LogP contribution in [-0.4, -0.2) is 24.5 Å². The van der Waals surface area contributed by atoms with Gasteiger partial charge in [-0.15, -0.1) is 19.0 Å². The zero-order chi connectivity index (χ0) is 15.0. The second-order valence-corrected chi connectivity index (χ2v) is 4.21. The largest absolute Gasteiger partial charge is 0.334 e. The minimum Gasteiger partial charge on any atom is -0.334 e. The van der Waals surface area contributed by atoms with Crippen LogP contribution in [0.3, 0.4) is 0 Å². The second kappa shape index (κ2) is 9.79. The summed E-state index contributed by atoms with van der Waals surface area (Å²) in [5.41, 5.74) is 6.89. The molecule has 0 aromatic heterocycles. The second-order valence-electron chi connectivity index (χ2n) is 4.21. The Bertz CT molecular complexity index is 476. The average molecular weight is 313 g/mol. The molecule has 0 bridgehead atoms. The lowest BCUT2D eigenvalue weighted by Crippen LogP contribution is -2.34. The van der Waals surface area contributed by atoms with E-state index in [0.29, 0.717) is 24.3 Å². The third kappa shape index (κ3) is 6.78. The fourth-order valence-corrected chi connectivity index (χ4v) is 1.40. The summed E-state index contributed by atoms with van der Waals surface area (Å²) in [6, 6.07) is 5.96. The van der Waals surface area contributed by atoms with Gasteiger partial charge in [0.2, 0.25) is 5.91 Å². The van der Waals surface area contributed by atoms with Crippen molar-refractivity contribution in [3.8, 4) is 0 Å². The molecule has 0 saturated carbocycles. The van der Waals surface area contributed by atoms with E-state index in [-0.39, 0.29) is 24.3 Å². The Morgan fingerprint density at radius 2 is 1.76 bits per heavy atom. The predicted molar refractivity (Wildman–Crippen MR) is 87.8 cm³/mol. The van der Waals surface area contributed by atoms with E-state index < -0.39 is 6.04 Å². The molecule has 0 spiro atoms. The first-order valence-electron chi connectivity index (χ1n) is 6.39. The van der Waals surface area contributed by atoms with Crippen molar-refractivity contribution in [1.82, 2.24) is 5.32 Å². The summed E-state index contributed by atoms with van der Waals surface area (Å²) in [7, 11) is 0. The topological polar surface area (TPSA) is 96.2 Å². The summed E-state index contributed by atoms with van der Waals surface area (Å²) in [4.78, 5) is 23.0. The monoisotopic (exact) mass is 312 g/mol. The fourth-order valence-electron chi connectivity index (χ4n) is 1.40. The fraction of sp³-hybridized carbons (Fsp3) is 0.286. The normalized spacial score (nSPS) is 10.8. The van der Waals surface area contributed by atoms with Crippen LogP contribution < -0.4 is 21.7 Å². The van der Waals surface area contributed by atoms with E-state index in [2.05, 4.69) is 22.5 Å². The molecule has 0 aliphatic heterocycles. The number of hydrogen-bond donors (Lipinski definition) is 4. The van der Waals surface area contributed by atoms with Gasteiger partial charge in [0.1, 0.15) is 0 Å². The molecule has 0 unspecified atom stereocenters. The SMILES string of the molecule is C=CCNC(=O)Nc1ccc(NC(=O)[C@@H](N)CC)cc1.Cl. The first-order valence-corrected chi connectivity index (χ1v) is 6.39. The summed E-state index contributed by atoms with van der Waals surface area (Å²) >= 11 is 0. The van der Waals surface area contributed by atoms with E-state index in [9.17, 15) is 9.59 Å². The maximum absolute atomic E-state index is 11.6. The molecule has 6 nitrogen and oxygen atoms in total. The van der Waals surface area contributed by atoms with Crippen LogP contribution >= 0.6 is 12.4 Å². The smallest absolute Gasteiger partial charge is 0.319 e. The van der Waals surface area contributed by atoms with Crippen LogP contribution in [0, 0.1) is 0 Å². The van der Waals surface area contributed by atoms with Crippen LogP contribution in [0.5, 0.6) is 0 Å². The highest BCUT2D eigenvalue weighted by Gasteiger charge is 2.10. The minimum atomic E-state index is -0.516. The summed E-state index contributed by atoms with van der Waals surface area (Å²) in [6.07, 6.45) is 2.17. The molecule has 1 atom stereocenters. The quantitative estimate of drug-likeness (QED) is 0.606. The molecular weight excluding hydrogens is 292 g/mol. The molecule has 116 valence electrons. The number of carbonyl (C=O) groups excluding carboxylic acids is 2. The first kappa shape index (κ1) is 18.9. The Morgan fingerprint density at radius 1 is 1.24 bits per heavy atom. The van der Waals surface area contributed by atoms with Gasteiger partial charge in [-0.05, 0) is 30.7 Å². The van der Waals surface area contributed by atoms with Crippen LogP contribution in [0.4, 0.5) is 16.2 Å². The number of nitrogens with two attached hydrogens (primary N) is 1. The van der Waals surface area contributed by atoms with Gasteiger partial charge in [0.25, 0.3) is 0 Å². The third-order valence-electron chi connectivity index (χ3n) is 2.59. The van der Waals surface area contributed by atoms with Gasteiger partial charge >= 0.3 is 6.03 Å². The maximum atomic E-state index is 11.6. The number of rotatable bonds is 6. The predicted octanol–water partition coefficient (Wildman–Crippen LogP) is 2.09. The lowest BCUT2D eigenvalue weighted by Gasteiger charge is -2.11. The Hall–Kier alpha value is -2.05. The molecule has 0 aliphatic carbocycles. The summed E-state index contributed by atoms with van der Waals surface area (Å²) < 4.78 is 0. The molecule has 5 N–H and O–H groups in total. The molecule has 21 heavy (non-hydrogen) atoms. The number of benzene rings is 1. The van der Waals surface area contributed by atoms with E-state index in [1.807, 2.05) is 6.92 Å². The number of nitrogens with one attached hydrogen (secondary N) is 3. The molecule has 0 radical (unpaired) electrons. The molecule has 3 amide bonds. The van der Waals surface area contributed by atoms with Crippen LogP contribution in [0.2, 0.25) is 0 Å². The van der Waals surface area contributed by atoms with Gasteiger partial charge in [0.05, 0.1) is 6.04 Å². The van der Waals surface area contributed by atoms with E-state index in [0.717, 1.165) is 0 Å². The summed E-state index contributed by atoms with van der Waals surface area (Å²) in [5, 5.41) is 7.95. The van der Waals surface area contributed by atoms with Gasteiger partial charge < -0.3 is 21.7 Å². The van der Waals surface area contributed by atoms with Crippen molar-refractivity contribution in [2.45, 2.75) is 19.4 Å². The standard InChI is InChI=1S/C14H20N4O2.ClH/c1-3-9-16-14(20)18-11-7-5-10(6-8-11)17-13(19)12(15)4-2;/h3,5-8,12H,1,4,9,15H2,2H3,(H,17,19)(H2,16,18,20);1H/t12-;/m0./s1. The summed E-state index contributed by atoms with van der Waals surface area (Å²) in [6.45, 7) is 5.75. The van der Waals surface area contributed by atoms with Gasteiger partial charge in [-0.2, -0.15) is 0 Å². The van der Waals surface area contributed by atoms with E-state index in [1.165, 1.54) is 0 Å². The number of carbonyl (C=O) groups is 2. The number of halogens is 1. The number of amides is 3. The molecule has 0 saturated heterocycles. The number of urea groups is 1. The highest BCUT2D eigenvalue weighted by molar-refractivity contribution is 5.95. The Labute approximate surface area is 130 Å². The van der Waals surface area contributed by atoms with Crippen molar-refractivity contribution in [3.63, 3.8) is 0 Å². The van der Waals surface area contributed by atoms with Crippen molar-refractivity contribution in [3.05, 3.63) is 36.9 Å². The van der Waals surface area contributed by atoms with Crippen LogP contribution in [0.1, 0.15) is 13.3 Å². The average Bonchev–Trinajstić information content (AvgIpc) is 2.46. The van der Waals surface area contributed by atoms with Crippen molar-refractivity contribution in [2.24, 2.45) is 5.73 Å². The summed E-state index contributed by atoms with van der Waals surface area (Å²) in [5.74, 6) is -0.225. The van der Waals surface area contributed by atoms with Gasteiger partial charge in [-0.25, -0.2) is 4.79 Å². The van der Waals surface area contributed by atoms with E-state index >= 15 is 0 Å². The molecule has 0 fully saturated rings. The lowest BCUT2D eigenvalue weighted by atomic mass is 10.2. The lowest BCUT2D eigenvalue weighted by molar-refractivity contribution is -0.117. The highest BCUT2D eigenvalue weighted by Crippen LogP contribution is 2.13. The molecular formula is C14H21ClN4O2. The first-order chi connectivity index (χ1) is 9.56. The molecule has 0 heterocycles. The van der Waals surface area contributed by atoms with Crippen molar-refractivity contribution >= 4 is 35.7 Å². The van der Waals surface area contributed by atoms with Crippen LogP contribution in [-0.2, 0) is 4.79 Å². The van der Waals surface area contributed by atoms with Crippen LogP contribution in [0.15, 0.2) is 36.9 Å². The van der Waals surface area contributed by atoms with Gasteiger partial charge in [0, 0.05) is 17.9 Å². The number of hydrogen-bond acceptors (Lipinski definition) is 3. The van der Waals surface area contributed by atoms with Crippen LogP contribution in [0.25, 0.3) is 0 Å². The molecule has 0 aliphatic rings. The third-order valence-corrected chi connectivity index (χ3v) is 2.59. The minimum absolute atomic E-state index is 0. The zero-order valence-corrected chi connectivity index (χ0v) is 12.7. The molecule has 7 heteroatoms. The van der Waals surface area contributed by atoms with Crippen molar-refractivity contribution < 1.29 is 9.59 Å².